The molecule has 2 atom stereocenters. The molecule has 0 spiro atoms. The first-order valence-corrected chi connectivity index (χ1v) is 15.7. The Morgan fingerprint density at radius 2 is 1.79 bits per heavy atom. The molecule has 5 aromatic rings. The number of fused-ring (bicyclic) bond motifs is 6. The Bertz CT molecular complexity index is 1960. The zero-order chi connectivity index (χ0) is 32.3. The van der Waals surface area contributed by atoms with E-state index >= 15 is 0 Å². The van der Waals surface area contributed by atoms with E-state index in [9.17, 15) is 14.4 Å². The summed E-state index contributed by atoms with van der Waals surface area (Å²) in [4.78, 5) is 53.2. The van der Waals surface area contributed by atoms with Gasteiger partial charge in [-0.3, -0.25) is 19.4 Å². The molecule has 7 rings (SSSR count). The Morgan fingerprint density at radius 3 is 2.66 bits per heavy atom. The average molecular weight is 635 g/mol. The van der Waals surface area contributed by atoms with Crippen molar-refractivity contribution < 1.29 is 28.4 Å². The molecule has 47 heavy (non-hydrogen) atoms. The number of benzene rings is 3. The highest BCUT2D eigenvalue weighted by molar-refractivity contribution is 5.95. The minimum atomic E-state index is -0.505. The fraction of sp³-hybridized carbons (Fsp3) is 0.314. The molecule has 4 heterocycles. The second-order valence-electron chi connectivity index (χ2n) is 11.8. The van der Waals surface area contributed by atoms with Gasteiger partial charge in [-0.1, -0.05) is 35.5 Å². The molecule has 12 heteroatoms. The number of rotatable bonds is 4. The Kier molecular flexibility index (Phi) is 8.38. The Hall–Kier alpha value is -5.52. The zero-order valence-corrected chi connectivity index (χ0v) is 25.9. The molecule has 12 nitrogen and oxygen atoms in total. The van der Waals surface area contributed by atoms with E-state index < -0.39 is 5.92 Å². The number of methoxy groups -OCH3 is 1. The molecule has 1 saturated heterocycles. The van der Waals surface area contributed by atoms with Gasteiger partial charge in [-0.15, -0.1) is 0 Å². The van der Waals surface area contributed by atoms with E-state index in [1.54, 1.807) is 16.9 Å². The van der Waals surface area contributed by atoms with Crippen LogP contribution in [-0.2, 0) is 16.0 Å². The van der Waals surface area contributed by atoms with Crippen LogP contribution < -0.4 is 14.8 Å². The van der Waals surface area contributed by atoms with Gasteiger partial charge in [0.15, 0.2) is 17.1 Å². The van der Waals surface area contributed by atoms with Gasteiger partial charge >= 0.3 is 0 Å². The fourth-order valence-corrected chi connectivity index (χ4v) is 6.39. The minimum absolute atomic E-state index is 0.0807. The molecular formula is C35H34N6O6. The molecule has 2 aromatic heterocycles. The van der Waals surface area contributed by atoms with Crippen LogP contribution >= 0.6 is 0 Å². The molecule has 1 N–H and O–H groups in total. The Morgan fingerprint density at radius 1 is 0.979 bits per heavy atom. The molecule has 2 bridgehead atoms. The summed E-state index contributed by atoms with van der Waals surface area (Å²) in [5.74, 6) is -0.299. The number of nitrogens with zero attached hydrogens (tertiary/aromatic N) is 5. The van der Waals surface area contributed by atoms with E-state index in [2.05, 4.69) is 20.4 Å². The number of hydrogen-bond acceptors (Lipinski definition) is 9. The van der Waals surface area contributed by atoms with Gasteiger partial charge in [0.25, 0.3) is 5.91 Å². The monoisotopic (exact) mass is 634 g/mol. The number of nitrogens with one attached hydrogen (secondary N) is 1. The zero-order valence-electron chi connectivity index (χ0n) is 25.9. The van der Waals surface area contributed by atoms with Gasteiger partial charge in [0.05, 0.1) is 43.2 Å². The summed E-state index contributed by atoms with van der Waals surface area (Å²) in [5, 5.41) is 7.99. The summed E-state index contributed by atoms with van der Waals surface area (Å²) >= 11 is 0. The molecule has 1 fully saturated rings. The first-order valence-electron chi connectivity index (χ1n) is 15.7. The fourth-order valence-electron chi connectivity index (χ4n) is 6.39. The molecule has 3 aromatic carbocycles. The second-order valence-corrected chi connectivity index (χ2v) is 11.8. The van der Waals surface area contributed by atoms with Crippen LogP contribution in [0, 0.1) is 5.92 Å². The number of para-hydroxylation sites is 3. The van der Waals surface area contributed by atoms with Crippen LogP contribution in [0.25, 0.3) is 22.0 Å². The first kappa shape index (κ1) is 30.2. The molecule has 2 aliphatic heterocycles. The van der Waals surface area contributed by atoms with Crippen LogP contribution in [0.1, 0.15) is 34.1 Å². The quantitative estimate of drug-likeness (QED) is 0.314. The number of ether oxygens (including phenoxy) is 2. The summed E-state index contributed by atoms with van der Waals surface area (Å²) in [6, 6.07) is 20.4. The van der Waals surface area contributed by atoms with Gasteiger partial charge in [-0.2, -0.15) is 0 Å². The van der Waals surface area contributed by atoms with Crippen molar-refractivity contribution in [1.29, 1.82) is 0 Å². The standard InChI is InChI=1S/C35H34N6O6/c1-45-31-12-11-22-17-32(31)46-16-15-40(33(42)18-28-23-7-2-5-10-30(23)47-39-28)14-6-13-36-34(43)25-21-41(20-24(22)25)35(44)29-19-37-26-8-3-4-9-27(26)38-29/h2-5,7-12,17,19,24-25H,6,13-16,18,20-21H2,1H3,(H,36,43)/t24-,25+/m1/s1. The van der Waals surface area contributed by atoms with Gasteiger partial charge in [0, 0.05) is 37.5 Å². The average Bonchev–Trinajstić information content (AvgIpc) is 3.73. The molecular weight excluding hydrogens is 600 g/mol. The summed E-state index contributed by atoms with van der Waals surface area (Å²) in [6.07, 6.45) is 2.11. The van der Waals surface area contributed by atoms with E-state index in [1.165, 1.54) is 6.20 Å². The third kappa shape index (κ3) is 6.18. The van der Waals surface area contributed by atoms with Gasteiger partial charge < -0.3 is 29.1 Å². The van der Waals surface area contributed by atoms with Gasteiger partial charge in [-0.05, 0) is 48.4 Å². The summed E-state index contributed by atoms with van der Waals surface area (Å²) in [7, 11) is 1.56. The van der Waals surface area contributed by atoms with Gasteiger partial charge in [0.2, 0.25) is 11.8 Å². The number of aromatic nitrogens is 3. The van der Waals surface area contributed by atoms with Crippen LogP contribution in [0.4, 0.5) is 0 Å². The molecule has 0 radical (unpaired) electrons. The van der Waals surface area contributed by atoms with Crippen LogP contribution in [0.2, 0.25) is 0 Å². The van der Waals surface area contributed by atoms with Crippen LogP contribution in [0.3, 0.4) is 0 Å². The number of amides is 3. The van der Waals surface area contributed by atoms with Crippen LogP contribution in [-0.4, -0.2) is 89.1 Å². The van der Waals surface area contributed by atoms with Crippen molar-refractivity contribution in [3.8, 4) is 11.5 Å². The molecule has 0 unspecified atom stereocenters. The van der Waals surface area contributed by atoms with E-state index in [0.29, 0.717) is 66.4 Å². The van der Waals surface area contributed by atoms with E-state index in [4.69, 9.17) is 14.0 Å². The lowest BCUT2D eigenvalue weighted by Crippen LogP contribution is -2.40. The van der Waals surface area contributed by atoms with E-state index in [0.717, 1.165) is 10.9 Å². The lowest BCUT2D eigenvalue weighted by Gasteiger charge is -2.25. The maximum absolute atomic E-state index is 13.7. The maximum Gasteiger partial charge on any atom is 0.274 e. The lowest BCUT2D eigenvalue weighted by atomic mass is 9.88. The summed E-state index contributed by atoms with van der Waals surface area (Å²) in [5.41, 5.74) is 3.63. The van der Waals surface area contributed by atoms with Gasteiger partial charge in [-0.25, -0.2) is 4.98 Å². The van der Waals surface area contributed by atoms with Crippen molar-refractivity contribution in [2.75, 3.05) is 46.4 Å². The second kappa shape index (κ2) is 13.1. The van der Waals surface area contributed by atoms with Crippen molar-refractivity contribution in [3.05, 3.63) is 89.9 Å². The number of hydrogen-bond donors (Lipinski definition) is 1. The predicted octanol–water partition coefficient (Wildman–Crippen LogP) is 3.61. The SMILES string of the molecule is COc1ccc2cc1OCCN(C(=O)Cc1noc3ccccc13)CCCNC(=O)[C@H]1CN(C(=O)c3cnc4ccccc4n3)C[C@H]21. The van der Waals surface area contributed by atoms with E-state index in [1.807, 2.05) is 66.7 Å². The smallest absolute Gasteiger partial charge is 0.274 e. The lowest BCUT2D eigenvalue weighted by molar-refractivity contribution is -0.131. The van der Waals surface area contributed by atoms with Crippen molar-refractivity contribution >= 4 is 39.7 Å². The highest BCUT2D eigenvalue weighted by Gasteiger charge is 2.41. The van der Waals surface area contributed by atoms with Crippen molar-refractivity contribution in [3.63, 3.8) is 0 Å². The predicted molar refractivity (Wildman–Crippen MR) is 172 cm³/mol. The maximum atomic E-state index is 13.7. The van der Waals surface area contributed by atoms with Gasteiger partial charge in [0.1, 0.15) is 18.0 Å². The number of carbonyl (C=O) groups excluding carboxylic acids is 3. The largest absolute Gasteiger partial charge is 0.493 e. The summed E-state index contributed by atoms with van der Waals surface area (Å²) < 4.78 is 17.2. The molecule has 240 valence electrons. The van der Waals surface area contributed by atoms with Crippen molar-refractivity contribution in [2.24, 2.45) is 5.92 Å². The highest BCUT2D eigenvalue weighted by Crippen LogP contribution is 2.38. The Labute approximate surface area is 270 Å². The van der Waals surface area contributed by atoms with Crippen molar-refractivity contribution in [2.45, 2.75) is 18.8 Å². The molecule has 0 aliphatic carbocycles. The summed E-state index contributed by atoms with van der Waals surface area (Å²) in [6.45, 7) is 1.90. The first-order chi connectivity index (χ1) is 23.0. The normalized spacial score (nSPS) is 18.7. The third-order valence-corrected chi connectivity index (χ3v) is 8.87. The molecule has 3 amide bonds. The molecule has 2 aliphatic rings. The van der Waals surface area contributed by atoms with E-state index in [-0.39, 0.29) is 48.9 Å². The highest BCUT2D eigenvalue weighted by atomic mass is 16.5. The van der Waals surface area contributed by atoms with Crippen molar-refractivity contribution in [1.82, 2.24) is 30.2 Å². The topological polar surface area (TPSA) is 140 Å². The third-order valence-electron chi connectivity index (χ3n) is 8.87. The number of carbonyl (C=O) groups is 3. The van der Waals surface area contributed by atoms with Crippen LogP contribution in [0.5, 0.6) is 11.5 Å². The Balaban J connectivity index is 1.11. The molecule has 0 saturated carbocycles. The van der Waals surface area contributed by atoms with Crippen LogP contribution in [0.15, 0.2) is 77.4 Å². The minimum Gasteiger partial charge on any atom is -0.493 e. The number of likely N-dealkylation sites (tertiary alicyclic amines) is 1.